The summed E-state index contributed by atoms with van der Waals surface area (Å²) in [5.41, 5.74) is -1.16. The summed E-state index contributed by atoms with van der Waals surface area (Å²) in [4.78, 5) is 12.0. The fourth-order valence-electron chi connectivity index (χ4n) is 2.11. The Morgan fingerprint density at radius 2 is 2.00 bits per heavy atom. The first-order valence-electron chi connectivity index (χ1n) is 7.18. The number of amides is 1. The number of alkyl halides is 3. The van der Waals surface area contributed by atoms with Crippen molar-refractivity contribution in [2.24, 2.45) is 0 Å². The van der Waals surface area contributed by atoms with E-state index in [9.17, 15) is 18.0 Å². The number of benzene rings is 1. The van der Waals surface area contributed by atoms with Gasteiger partial charge >= 0.3 is 12.3 Å². The molecule has 7 nitrogen and oxygen atoms in total. The van der Waals surface area contributed by atoms with E-state index in [4.69, 9.17) is 20.9 Å². The predicted molar refractivity (Wildman–Crippen MR) is 92.2 cm³/mol. The molecular formula is C15H9BrClF3N4O3. The van der Waals surface area contributed by atoms with Crippen LogP contribution < -0.4 is 10.1 Å². The molecule has 142 valence electrons. The van der Waals surface area contributed by atoms with E-state index in [0.717, 1.165) is 6.20 Å². The van der Waals surface area contributed by atoms with Gasteiger partial charge in [-0.3, -0.25) is 5.32 Å². The third-order valence-corrected chi connectivity index (χ3v) is 4.48. The smallest absolute Gasteiger partial charge is 0.406 e. The minimum atomic E-state index is -4.84. The predicted octanol–water partition coefficient (Wildman–Crippen LogP) is 5.21. The number of carbonyl (C=O) groups excluding carboxylic acids is 1. The Hall–Kier alpha value is -2.53. The first kappa shape index (κ1) is 19.2. The van der Waals surface area contributed by atoms with Gasteiger partial charge in [-0.05, 0) is 47.1 Å². The highest BCUT2D eigenvalue weighted by molar-refractivity contribution is 9.10. The van der Waals surface area contributed by atoms with Gasteiger partial charge in [0, 0.05) is 5.02 Å². The molecule has 0 radical (unpaired) electrons. The first-order chi connectivity index (χ1) is 12.7. The van der Waals surface area contributed by atoms with Crippen molar-refractivity contribution in [3.05, 3.63) is 51.4 Å². The number of nitrogens with zero attached hydrogens (tertiary/aromatic N) is 3. The van der Waals surface area contributed by atoms with Crippen LogP contribution in [0.2, 0.25) is 5.02 Å². The van der Waals surface area contributed by atoms with Crippen LogP contribution in [0, 0.1) is 6.92 Å². The highest BCUT2D eigenvalue weighted by Crippen LogP contribution is 2.38. The molecule has 3 rings (SSSR count). The molecule has 0 saturated heterocycles. The average Bonchev–Trinajstić information content (AvgIpc) is 3.14. The Morgan fingerprint density at radius 3 is 2.56 bits per heavy atom. The molecule has 1 amide bonds. The van der Waals surface area contributed by atoms with E-state index in [2.05, 4.69) is 31.5 Å². The summed E-state index contributed by atoms with van der Waals surface area (Å²) in [7, 11) is 0. The van der Waals surface area contributed by atoms with Gasteiger partial charge in [0.05, 0.1) is 11.9 Å². The van der Waals surface area contributed by atoms with Gasteiger partial charge in [0.1, 0.15) is 10.2 Å². The quantitative estimate of drug-likeness (QED) is 0.574. The number of carbonyl (C=O) groups is 1. The molecule has 0 spiro atoms. The molecule has 0 aliphatic heterocycles. The van der Waals surface area contributed by atoms with E-state index in [1.165, 1.54) is 24.3 Å². The van der Waals surface area contributed by atoms with E-state index in [1.54, 1.807) is 6.92 Å². The number of hydrogen-bond acceptors (Lipinski definition) is 5. The number of halogens is 5. The van der Waals surface area contributed by atoms with Crippen LogP contribution in [0.25, 0.3) is 5.69 Å². The van der Waals surface area contributed by atoms with Crippen molar-refractivity contribution in [2.75, 3.05) is 5.32 Å². The molecule has 0 unspecified atom stereocenters. The Balaban J connectivity index is 1.90. The summed E-state index contributed by atoms with van der Waals surface area (Å²) in [6, 6.07) is 5.53. The minimum absolute atomic E-state index is 0.0313. The van der Waals surface area contributed by atoms with Gasteiger partial charge in [-0.1, -0.05) is 16.8 Å². The topological polar surface area (TPSA) is 82.2 Å². The summed E-state index contributed by atoms with van der Waals surface area (Å²) >= 11 is 8.86. The van der Waals surface area contributed by atoms with Gasteiger partial charge in [-0.25, -0.2) is 9.48 Å². The van der Waals surface area contributed by atoms with Gasteiger partial charge in [-0.15, -0.1) is 0 Å². The average molecular weight is 466 g/mol. The van der Waals surface area contributed by atoms with Crippen molar-refractivity contribution in [1.29, 1.82) is 0 Å². The molecule has 0 fully saturated rings. The van der Waals surface area contributed by atoms with E-state index in [0.29, 0.717) is 19.9 Å². The number of anilines is 1. The fraction of sp³-hybridized carbons (Fsp3) is 0.133. The maximum Gasteiger partial charge on any atom is 0.437 e. The lowest BCUT2D eigenvalue weighted by molar-refractivity contribution is -0.143. The number of aromatic nitrogens is 3. The Morgan fingerprint density at radius 1 is 1.33 bits per heavy atom. The van der Waals surface area contributed by atoms with E-state index < -0.39 is 23.7 Å². The SMILES string of the molecule is Cc1onc(NC(=O)Oc2cnn(-c3ccc(Cl)cc3)c2C(F)(F)F)c1Br. The number of nitrogens with one attached hydrogen (secondary N) is 1. The van der Waals surface area contributed by atoms with Gasteiger partial charge in [0.25, 0.3) is 0 Å². The molecule has 0 aliphatic rings. The normalized spacial score (nSPS) is 11.5. The molecule has 1 N–H and O–H groups in total. The van der Waals surface area contributed by atoms with E-state index >= 15 is 0 Å². The third kappa shape index (κ3) is 4.08. The summed E-state index contributed by atoms with van der Waals surface area (Å²) in [6.07, 6.45) is -5.23. The van der Waals surface area contributed by atoms with Crippen molar-refractivity contribution in [1.82, 2.24) is 14.9 Å². The highest BCUT2D eigenvalue weighted by Gasteiger charge is 2.40. The van der Waals surface area contributed by atoms with Crippen LogP contribution in [0.4, 0.5) is 23.8 Å². The number of aryl methyl sites for hydroxylation is 1. The van der Waals surface area contributed by atoms with Gasteiger partial charge < -0.3 is 9.26 Å². The van der Waals surface area contributed by atoms with Crippen molar-refractivity contribution < 1.29 is 27.2 Å². The highest BCUT2D eigenvalue weighted by atomic mass is 79.9. The van der Waals surface area contributed by atoms with Crippen LogP contribution in [0.3, 0.4) is 0 Å². The van der Waals surface area contributed by atoms with Crippen LogP contribution in [0.15, 0.2) is 39.5 Å². The molecule has 2 heterocycles. The zero-order valence-electron chi connectivity index (χ0n) is 13.3. The molecular weight excluding hydrogens is 457 g/mol. The van der Waals surface area contributed by atoms with Crippen LogP contribution in [0.1, 0.15) is 11.5 Å². The second-order valence-corrected chi connectivity index (χ2v) is 6.39. The molecule has 0 atom stereocenters. The summed E-state index contributed by atoms with van der Waals surface area (Å²) < 4.78 is 51.1. The summed E-state index contributed by atoms with van der Waals surface area (Å²) in [5, 5.41) is 9.74. The molecule has 12 heteroatoms. The maximum absolute atomic E-state index is 13.5. The molecule has 27 heavy (non-hydrogen) atoms. The Kier molecular flexibility index (Phi) is 5.16. The van der Waals surface area contributed by atoms with Crippen molar-refractivity contribution >= 4 is 39.4 Å². The standard InChI is InChI=1S/C15H9BrClF3N4O3/c1-7-11(16)13(23-27-7)22-14(25)26-10-6-21-24(12(10)15(18,19)20)9-4-2-8(17)3-5-9/h2-6H,1H3,(H,22,23,25). The van der Waals surface area contributed by atoms with Gasteiger partial charge in [0.2, 0.25) is 0 Å². The molecule has 2 aromatic heterocycles. The van der Waals surface area contributed by atoms with Crippen molar-refractivity contribution in [2.45, 2.75) is 13.1 Å². The molecule has 0 saturated carbocycles. The molecule has 3 aromatic rings. The van der Waals surface area contributed by atoms with E-state index in [1.807, 2.05) is 0 Å². The Bertz CT molecular complexity index is 985. The largest absolute Gasteiger partial charge is 0.437 e. The van der Waals surface area contributed by atoms with Crippen molar-refractivity contribution in [3.63, 3.8) is 0 Å². The molecule has 0 aliphatic carbocycles. The molecule has 0 bridgehead atoms. The summed E-state index contributed by atoms with van der Waals surface area (Å²) in [6.45, 7) is 1.57. The fourth-order valence-corrected chi connectivity index (χ4v) is 2.48. The maximum atomic E-state index is 13.5. The third-order valence-electron chi connectivity index (χ3n) is 3.29. The van der Waals surface area contributed by atoms with Gasteiger partial charge in [-0.2, -0.15) is 18.3 Å². The first-order valence-corrected chi connectivity index (χ1v) is 8.35. The minimum Gasteiger partial charge on any atom is -0.406 e. The number of ether oxygens (including phenoxy) is 1. The zero-order valence-corrected chi connectivity index (χ0v) is 15.7. The lowest BCUT2D eigenvalue weighted by atomic mass is 10.3. The lowest BCUT2D eigenvalue weighted by Gasteiger charge is -2.12. The number of hydrogen-bond donors (Lipinski definition) is 1. The summed E-state index contributed by atoms with van der Waals surface area (Å²) in [5.74, 6) is -0.431. The monoisotopic (exact) mass is 464 g/mol. The van der Waals surface area contributed by atoms with Crippen LogP contribution in [-0.4, -0.2) is 21.0 Å². The zero-order chi connectivity index (χ0) is 19.8. The number of rotatable bonds is 3. The molecule has 1 aromatic carbocycles. The van der Waals surface area contributed by atoms with Gasteiger partial charge in [0.15, 0.2) is 17.3 Å². The van der Waals surface area contributed by atoms with Crippen LogP contribution >= 0.6 is 27.5 Å². The van der Waals surface area contributed by atoms with Crippen molar-refractivity contribution in [3.8, 4) is 11.4 Å². The second-order valence-electron chi connectivity index (χ2n) is 5.16. The Labute approximate surface area is 163 Å². The van der Waals surface area contributed by atoms with Crippen LogP contribution in [-0.2, 0) is 6.18 Å². The lowest BCUT2D eigenvalue weighted by Crippen LogP contribution is -2.20. The second kappa shape index (κ2) is 7.24. The van der Waals surface area contributed by atoms with E-state index in [-0.39, 0.29) is 11.5 Å². The van der Waals surface area contributed by atoms with Crippen LogP contribution in [0.5, 0.6) is 5.75 Å².